The molecule has 0 bridgehead atoms. The average molecular weight is 256 g/mol. The van der Waals surface area contributed by atoms with Gasteiger partial charge in [0, 0.05) is 12.2 Å². The molecule has 2 atom stereocenters. The first kappa shape index (κ1) is 11.2. The molecule has 2 aliphatic heterocycles. The number of aromatic nitrogens is 2. The molecule has 4 heteroatoms. The highest BCUT2D eigenvalue weighted by atomic mass is 16.5. The molecule has 0 aliphatic carbocycles. The van der Waals surface area contributed by atoms with Crippen LogP contribution in [0.2, 0.25) is 0 Å². The van der Waals surface area contributed by atoms with Gasteiger partial charge in [-0.25, -0.2) is 4.98 Å². The van der Waals surface area contributed by atoms with Crippen molar-refractivity contribution in [1.29, 1.82) is 0 Å². The molecule has 3 heterocycles. The van der Waals surface area contributed by atoms with E-state index in [4.69, 9.17) is 4.74 Å². The van der Waals surface area contributed by atoms with Crippen LogP contribution in [0.3, 0.4) is 0 Å². The number of benzene rings is 1. The Morgan fingerprint density at radius 1 is 1.37 bits per heavy atom. The van der Waals surface area contributed by atoms with Crippen molar-refractivity contribution >= 4 is 0 Å². The van der Waals surface area contributed by atoms with E-state index in [0.717, 1.165) is 25.1 Å². The minimum Gasteiger partial charge on any atom is -0.385 e. The lowest BCUT2D eigenvalue weighted by atomic mass is 9.84. The summed E-state index contributed by atoms with van der Waals surface area (Å²) < 4.78 is 7.60. The Balaban J connectivity index is 1.89. The number of imidazole rings is 1. The fourth-order valence-corrected chi connectivity index (χ4v) is 3.40. The smallest absolute Gasteiger partial charge is 0.113 e. The van der Waals surface area contributed by atoms with Crippen LogP contribution in [0.15, 0.2) is 36.8 Å². The van der Waals surface area contributed by atoms with E-state index in [-0.39, 0.29) is 6.04 Å². The number of aliphatic hydroxyl groups is 1. The molecule has 1 aromatic heterocycles. The van der Waals surface area contributed by atoms with Gasteiger partial charge in [-0.1, -0.05) is 24.3 Å². The van der Waals surface area contributed by atoms with Crippen LogP contribution in [-0.2, 0) is 4.74 Å². The third-order valence-electron chi connectivity index (χ3n) is 4.23. The van der Waals surface area contributed by atoms with E-state index in [2.05, 4.69) is 21.7 Å². The predicted molar refractivity (Wildman–Crippen MR) is 70.8 cm³/mol. The van der Waals surface area contributed by atoms with E-state index in [1.54, 1.807) is 0 Å². The Bertz CT molecular complexity index is 614. The molecule has 1 N–H and O–H groups in total. The van der Waals surface area contributed by atoms with E-state index in [1.165, 1.54) is 11.1 Å². The van der Waals surface area contributed by atoms with E-state index in [1.807, 2.05) is 24.7 Å². The maximum atomic E-state index is 11.0. The van der Waals surface area contributed by atoms with Crippen LogP contribution in [0, 0.1) is 0 Å². The molecule has 19 heavy (non-hydrogen) atoms. The van der Waals surface area contributed by atoms with Crippen molar-refractivity contribution in [2.75, 3.05) is 13.2 Å². The number of hydrogen-bond donors (Lipinski definition) is 1. The Morgan fingerprint density at radius 2 is 2.26 bits per heavy atom. The van der Waals surface area contributed by atoms with Crippen LogP contribution in [-0.4, -0.2) is 33.5 Å². The molecule has 2 aliphatic rings. The van der Waals surface area contributed by atoms with E-state index < -0.39 is 5.60 Å². The summed E-state index contributed by atoms with van der Waals surface area (Å²) in [5.41, 5.74) is 2.59. The molecule has 2 aromatic rings. The molecule has 1 saturated heterocycles. The monoisotopic (exact) mass is 256 g/mol. The van der Waals surface area contributed by atoms with Crippen molar-refractivity contribution in [3.05, 3.63) is 42.4 Å². The highest BCUT2D eigenvalue weighted by Gasteiger charge is 2.45. The van der Waals surface area contributed by atoms with Gasteiger partial charge in [-0.2, -0.15) is 0 Å². The largest absolute Gasteiger partial charge is 0.385 e. The molecule has 0 saturated carbocycles. The first-order chi connectivity index (χ1) is 9.30. The van der Waals surface area contributed by atoms with Crippen LogP contribution in [0.4, 0.5) is 0 Å². The Hall–Kier alpha value is -1.65. The van der Waals surface area contributed by atoms with Crippen LogP contribution in [0.1, 0.15) is 24.4 Å². The second-order valence-corrected chi connectivity index (χ2v) is 5.44. The molecule has 0 unspecified atom stereocenters. The lowest BCUT2D eigenvalue weighted by Crippen LogP contribution is -2.45. The summed E-state index contributed by atoms with van der Waals surface area (Å²) in [4.78, 5) is 4.23. The van der Waals surface area contributed by atoms with E-state index in [0.29, 0.717) is 6.61 Å². The van der Waals surface area contributed by atoms with Gasteiger partial charge in [0.25, 0.3) is 0 Å². The highest BCUT2D eigenvalue weighted by Crippen LogP contribution is 2.46. The van der Waals surface area contributed by atoms with Crippen LogP contribution < -0.4 is 0 Å². The topological polar surface area (TPSA) is 47.3 Å². The van der Waals surface area contributed by atoms with Gasteiger partial charge in [-0.05, 0) is 18.4 Å². The summed E-state index contributed by atoms with van der Waals surface area (Å²) in [6, 6.07) is 8.16. The molecule has 98 valence electrons. The summed E-state index contributed by atoms with van der Waals surface area (Å²) in [6.45, 7) is 1.14. The third kappa shape index (κ3) is 1.50. The quantitative estimate of drug-likeness (QED) is 0.849. The fourth-order valence-electron chi connectivity index (χ4n) is 3.40. The Morgan fingerprint density at radius 3 is 3.11 bits per heavy atom. The summed E-state index contributed by atoms with van der Waals surface area (Å²) in [7, 11) is 0. The Labute approximate surface area is 111 Å². The van der Waals surface area contributed by atoms with Gasteiger partial charge >= 0.3 is 0 Å². The summed E-state index contributed by atoms with van der Waals surface area (Å²) in [5, 5.41) is 11.0. The summed E-state index contributed by atoms with van der Waals surface area (Å²) in [6.07, 6.45) is 5.35. The maximum Gasteiger partial charge on any atom is 0.113 e. The lowest BCUT2D eigenvalue weighted by molar-refractivity contribution is -0.105. The molecule has 4 nitrogen and oxygen atoms in total. The minimum atomic E-state index is -0.833. The zero-order valence-electron chi connectivity index (χ0n) is 10.6. The predicted octanol–water partition coefficient (Wildman–Crippen LogP) is 1.99. The molecule has 0 amide bonds. The molecule has 4 rings (SSSR count). The van der Waals surface area contributed by atoms with Gasteiger partial charge in [0.15, 0.2) is 0 Å². The van der Waals surface area contributed by atoms with Crippen molar-refractivity contribution < 1.29 is 9.84 Å². The molecule has 0 spiro atoms. The molecular formula is C15H16N2O2. The first-order valence-corrected chi connectivity index (χ1v) is 6.71. The van der Waals surface area contributed by atoms with Crippen LogP contribution in [0.5, 0.6) is 0 Å². The SMILES string of the molecule is O[C@]1([C@H]2c3ccccc3-c3cncn32)CCCOC1. The van der Waals surface area contributed by atoms with Gasteiger partial charge in [-0.15, -0.1) is 0 Å². The van der Waals surface area contributed by atoms with Crippen molar-refractivity contribution in [3.8, 4) is 11.3 Å². The normalized spacial score (nSPS) is 29.0. The second kappa shape index (κ2) is 3.92. The summed E-state index contributed by atoms with van der Waals surface area (Å²) in [5.74, 6) is 0. The third-order valence-corrected chi connectivity index (χ3v) is 4.23. The number of ether oxygens (including phenoxy) is 1. The van der Waals surface area contributed by atoms with Gasteiger partial charge in [0.05, 0.1) is 30.9 Å². The molecule has 0 radical (unpaired) electrons. The molecule has 1 aromatic carbocycles. The maximum absolute atomic E-state index is 11.0. The van der Waals surface area contributed by atoms with Crippen molar-refractivity contribution in [3.63, 3.8) is 0 Å². The van der Waals surface area contributed by atoms with Crippen LogP contribution >= 0.6 is 0 Å². The van der Waals surface area contributed by atoms with Crippen LogP contribution in [0.25, 0.3) is 11.3 Å². The summed E-state index contributed by atoms with van der Waals surface area (Å²) >= 11 is 0. The van der Waals surface area contributed by atoms with E-state index >= 15 is 0 Å². The average Bonchev–Trinajstić information content (AvgIpc) is 2.99. The Kier molecular flexibility index (Phi) is 2.31. The fraction of sp³-hybridized carbons (Fsp3) is 0.400. The van der Waals surface area contributed by atoms with Crippen molar-refractivity contribution in [1.82, 2.24) is 9.55 Å². The zero-order valence-corrected chi connectivity index (χ0v) is 10.6. The minimum absolute atomic E-state index is 0.0819. The first-order valence-electron chi connectivity index (χ1n) is 6.71. The van der Waals surface area contributed by atoms with Gasteiger partial charge in [-0.3, -0.25) is 0 Å². The van der Waals surface area contributed by atoms with Gasteiger partial charge in [0.2, 0.25) is 0 Å². The number of fused-ring (bicyclic) bond motifs is 3. The lowest BCUT2D eigenvalue weighted by Gasteiger charge is -2.38. The molecule has 1 fully saturated rings. The van der Waals surface area contributed by atoms with E-state index in [9.17, 15) is 5.11 Å². The van der Waals surface area contributed by atoms with Crippen molar-refractivity contribution in [2.45, 2.75) is 24.5 Å². The van der Waals surface area contributed by atoms with Gasteiger partial charge < -0.3 is 14.4 Å². The van der Waals surface area contributed by atoms with Crippen molar-refractivity contribution in [2.24, 2.45) is 0 Å². The number of rotatable bonds is 1. The standard InChI is InChI=1S/C15H16N2O2/c18-15(6-3-7-19-9-15)14-12-5-2-1-4-11(12)13-8-16-10-17(13)14/h1-2,4-5,8,10,14,18H,3,6-7,9H2/t14-,15-/m1/s1. The number of hydrogen-bond acceptors (Lipinski definition) is 3. The highest BCUT2D eigenvalue weighted by molar-refractivity contribution is 5.69. The van der Waals surface area contributed by atoms with Gasteiger partial charge in [0.1, 0.15) is 5.60 Å². The number of nitrogens with zero attached hydrogens (tertiary/aromatic N) is 2. The second-order valence-electron chi connectivity index (χ2n) is 5.44. The zero-order chi connectivity index (χ0) is 12.9. The molecular weight excluding hydrogens is 240 g/mol.